The van der Waals surface area contributed by atoms with E-state index in [4.69, 9.17) is 4.74 Å². The van der Waals surface area contributed by atoms with Crippen molar-refractivity contribution < 1.29 is 22.7 Å². The van der Waals surface area contributed by atoms with Gasteiger partial charge in [0, 0.05) is 20.1 Å². The second-order valence-corrected chi connectivity index (χ2v) is 8.23. The van der Waals surface area contributed by atoms with Crippen molar-refractivity contribution in [3.05, 3.63) is 29.8 Å². The summed E-state index contributed by atoms with van der Waals surface area (Å²) in [5, 5.41) is 2.79. The molecule has 1 saturated carbocycles. The average molecular weight is 354 g/mol. The summed E-state index contributed by atoms with van der Waals surface area (Å²) in [6, 6.07) is 5.49. The maximum absolute atomic E-state index is 11.9. The highest BCUT2D eigenvalue weighted by atomic mass is 32.2. The van der Waals surface area contributed by atoms with E-state index in [1.165, 1.54) is 38.4 Å². The van der Waals surface area contributed by atoms with Crippen LogP contribution in [0, 0.1) is 5.92 Å². The van der Waals surface area contributed by atoms with Crippen LogP contribution in [0.15, 0.2) is 29.2 Å². The smallest absolute Gasteiger partial charge is 0.338 e. The Morgan fingerprint density at radius 2 is 1.83 bits per heavy atom. The molecule has 132 valence electrons. The minimum atomic E-state index is -3.54. The van der Waals surface area contributed by atoms with Crippen LogP contribution in [0.3, 0.4) is 0 Å². The number of nitrogens with one attached hydrogen (secondary N) is 1. The summed E-state index contributed by atoms with van der Waals surface area (Å²) < 4.78 is 29.9. The molecular formula is C16H22N2O5S. The molecule has 0 spiro atoms. The van der Waals surface area contributed by atoms with Crippen LogP contribution in [0.2, 0.25) is 0 Å². The number of benzene rings is 1. The molecule has 1 fully saturated rings. The van der Waals surface area contributed by atoms with Gasteiger partial charge in [-0.2, -0.15) is 0 Å². The van der Waals surface area contributed by atoms with E-state index in [1.54, 1.807) is 0 Å². The highest BCUT2D eigenvalue weighted by Gasteiger charge is 2.29. The lowest BCUT2D eigenvalue weighted by Crippen LogP contribution is -2.37. The quantitative estimate of drug-likeness (QED) is 0.738. The van der Waals surface area contributed by atoms with Crippen molar-refractivity contribution in [2.24, 2.45) is 5.92 Å². The van der Waals surface area contributed by atoms with Crippen LogP contribution in [0.25, 0.3) is 0 Å². The first-order valence-corrected chi connectivity index (χ1v) is 9.15. The van der Waals surface area contributed by atoms with Gasteiger partial charge in [-0.1, -0.05) is 0 Å². The second kappa shape index (κ2) is 7.31. The molecule has 1 aromatic carbocycles. The van der Waals surface area contributed by atoms with E-state index in [9.17, 15) is 18.0 Å². The number of nitrogens with zero attached hydrogens (tertiary/aromatic N) is 1. The van der Waals surface area contributed by atoms with Crippen molar-refractivity contribution in [2.45, 2.75) is 30.7 Å². The number of hydrogen-bond donors (Lipinski definition) is 1. The Morgan fingerprint density at radius 1 is 1.25 bits per heavy atom. The third-order valence-electron chi connectivity index (χ3n) is 3.92. The van der Waals surface area contributed by atoms with Gasteiger partial charge in [0.05, 0.1) is 10.5 Å². The van der Waals surface area contributed by atoms with Crippen LogP contribution in [0.1, 0.15) is 30.1 Å². The largest absolute Gasteiger partial charge is 0.452 e. The molecule has 1 amide bonds. The molecule has 0 aliphatic heterocycles. The van der Waals surface area contributed by atoms with Gasteiger partial charge in [0.15, 0.2) is 6.61 Å². The summed E-state index contributed by atoms with van der Waals surface area (Å²) in [5.41, 5.74) is 0.191. The van der Waals surface area contributed by atoms with Crippen LogP contribution in [0.5, 0.6) is 0 Å². The lowest BCUT2D eigenvalue weighted by molar-refractivity contribution is -0.124. The zero-order valence-corrected chi connectivity index (χ0v) is 14.8. The van der Waals surface area contributed by atoms with Gasteiger partial charge in [-0.25, -0.2) is 17.5 Å². The van der Waals surface area contributed by atoms with Crippen LogP contribution in [0.4, 0.5) is 0 Å². The summed E-state index contributed by atoms with van der Waals surface area (Å²) in [6.45, 7) is 1.58. The van der Waals surface area contributed by atoms with Crippen LogP contribution >= 0.6 is 0 Å². The van der Waals surface area contributed by atoms with Crippen LogP contribution in [-0.2, 0) is 19.6 Å². The predicted octanol–water partition coefficient (Wildman–Crippen LogP) is 1.01. The first-order valence-electron chi connectivity index (χ1n) is 7.71. The standard InChI is InChI=1S/C16H22N2O5S/c1-11(12-4-5-12)17-15(19)10-23-16(20)13-6-8-14(9-7-13)24(21,22)18(2)3/h6-9,11-12H,4-5,10H2,1-3H3,(H,17,19). The molecule has 24 heavy (non-hydrogen) atoms. The minimum Gasteiger partial charge on any atom is -0.452 e. The number of ether oxygens (including phenoxy) is 1. The van der Waals surface area contributed by atoms with Crippen molar-refractivity contribution in [1.82, 2.24) is 9.62 Å². The van der Waals surface area contributed by atoms with Gasteiger partial charge in [0.2, 0.25) is 10.0 Å². The van der Waals surface area contributed by atoms with Crippen LogP contribution < -0.4 is 5.32 Å². The Kier molecular flexibility index (Phi) is 5.61. The maximum atomic E-state index is 11.9. The fourth-order valence-electron chi connectivity index (χ4n) is 2.20. The molecule has 0 bridgehead atoms. The summed E-state index contributed by atoms with van der Waals surface area (Å²) in [6.07, 6.45) is 2.23. The highest BCUT2D eigenvalue weighted by molar-refractivity contribution is 7.89. The fourth-order valence-corrected chi connectivity index (χ4v) is 3.10. The first kappa shape index (κ1) is 18.4. The number of rotatable bonds is 7. The summed E-state index contributed by atoms with van der Waals surface area (Å²) in [7, 11) is -0.685. The Morgan fingerprint density at radius 3 is 2.33 bits per heavy atom. The van der Waals surface area contributed by atoms with E-state index in [0.717, 1.165) is 17.1 Å². The third-order valence-corrected chi connectivity index (χ3v) is 5.75. The highest BCUT2D eigenvalue weighted by Crippen LogP contribution is 2.32. The Hall–Kier alpha value is -1.93. The third kappa shape index (κ3) is 4.55. The average Bonchev–Trinajstić information content (AvgIpc) is 3.37. The predicted molar refractivity (Wildman–Crippen MR) is 87.9 cm³/mol. The van der Waals surface area contributed by atoms with Crippen molar-refractivity contribution in [1.29, 1.82) is 0 Å². The molecule has 0 heterocycles. The monoisotopic (exact) mass is 354 g/mol. The first-order chi connectivity index (χ1) is 11.2. The van der Waals surface area contributed by atoms with Gasteiger partial charge in [-0.3, -0.25) is 4.79 Å². The van der Waals surface area contributed by atoms with Crippen molar-refractivity contribution in [3.63, 3.8) is 0 Å². The molecule has 0 radical (unpaired) electrons. The SMILES string of the molecule is CC(NC(=O)COC(=O)c1ccc(S(=O)(=O)N(C)C)cc1)C1CC1. The molecule has 0 saturated heterocycles. The van der Waals surface area contributed by atoms with E-state index in [1.807, 2.05) is 6.92 Å². The molecule has 1 aromatic rings. The lowest BCUT2D eigenvalue weighted by atomic mass is 10.2. The molecule has 8 heteroatoms. The number of carbonyl (C=O) groups is 2. The number of sulfonamides is 1. The molecule has 2 rings (SSSR count). The molecular weight excluding hydrogens is 332 g/mol. The molecule has 1 atom stereocenters. The van der Waals surface area contributed by atoms with Gasteiger partial charge < -0.3 is 10.1 Å². The van der Waals surface area contributed by atoms with Gasteiger partial charge in [-0.15, -0.1) is 0 Å². The molecule has 1 N–H and O–H groups in total. The minimum absolute atomic E-state index is 0.0834. The summed E-state index contributed by atoms with van der Waals surface area (Å²) in [5.74, 6) is -0.483. The van der Waals surface area contributed by atoms with Crippen LogP contribution in [-0.4, -0.2) is 51.3 Å². The molecule has 1 aliphatic rings. The number of amides is 1. The zero-order chi connectivity index (χ0) is 17.9. The van der Waals surface area contributed by atoms with Gasteiger partial charge >= 0.3 is 5.97 Å². The molecule has 1 unspecified atom stereocenters. The maximum Gasteiger partial charge on any atom is 0.338 e. The molecule has 0 aromatic heterocycles. The van der Waals surface area contributed by atoms with Gasteiger partial charge in [0.1, 0.15) is 0 Å². The van der Waals surface area contributed by atoms with E-state index in [-0.39, 0.29) is 29.0 Å². The topological polar surface area (TPSA) is 92.8 Å². The summed E-state index contributed by atoms with van der Waals surface area (Å²) in [4.78, 5) is 23.7. The summed E-state index contributed by atoms with van der Waals surface area (Å²) >= 11 is 0. The zero-order valence-electron chi connectivity index (χ0n) is 14.0. The second-order valence-electron chi connectivity index (χ2n) is 6.08. The van der Waals surface area contributed by atoms with E-state index < -0.39 is 16.0 Å². The lowest BCUT2D eigenvalue weighted by Gasteiger charge is -2.13. The number of esters is 1. The van der Waals surface area contributed by atoms with E-state index in [0.29, 0.717) is 5.92 Å². The Bertz CT molecular complexity index is 708. The Balaban J connectivity index is 1.89. The van der Waals surface area contributed by atoms with Crippen molar-refractivity contribution >= 4 is 21.9 Å². The number of carbonyl (C=O) groups excluding carboxylic acids is 2. The molecule has 1 aliphatic carbocycles. The fraction of sp³-hybridized carbons (Fsp3) is 0.500. The normalized spacial score (nSPS) is 15.8. The van der Waals surface area contributed by atoms with Crippen molar-refractivity contribution in [2.75, 3.05) is 20.7 Å². The van der Waals surface area contributed by atoms with E-state index in [2.05, 4.69) is 5.32 Å². The van der Waals surface area contributed by atoms with E-state index >= 15 is 0 Å². The number of hydrogen-bond acceptors (Lipinski definition) is 5. The Labute approximate surface area is 142 Å². The van der Waals surface area contributed by atoms with Crippen molar-refractivity contribution in [3.8, 4) is 0 Å². The molecule has 7 nitrogen and oxygen atoms in total. The van der Waals surface area contributed by atoms with Gasteiger partial charge in [0.25, 0.3) is 5.91 Å². The van der Waals surface area contributed by atoms with Gasteiger partial charge in [-0.05, 0) is 49.9 Å².